The first kappa shape index (κ1) is 18.5. The van der Waals surface area contributed by atoms with Gasteiger partial charge in [0.1, 0.15) is 5.82 Å². The molecular formula is C19H20ClN3O2S. The van der Waals surface area contributed by atoms with Gasteiger partial charge in [0.05, 0.1) is 14.2 Å². The van der Waals surface area contributed by atoms with Crippen LogP contribution >= 0.6 is 23.1 Å². The summed E-state index contributed by atoms with van der Waals surface area (Å²) in [5.41, 5.74) is 2.31. The maximum Gasteiger partial charge on any atom is 0.202 e. The van der Waals surface area contributed by atoms with Gasteiger partial charge in [-0.05, 0) is 41.8 Å². The van der Waals surface area contributed by atoms with E-state index in [2.05, 4.69) is 14.7 Å². The van der Waals surface area contributed by atoms with Crippen molar-refractivity contribution in [3.8, 4) is 11.5 Å². The normalized spacial score (nSPS) is 10.6. The van der Waals surface area contributed by atoms with Gasteiger partial charge in [-0.15, -0.1) is 0 Å². The first-order valence-corrected chi connectivity index (χ1v) is 9.35. The molecule has 0 saturated heterocycles. The highest BCUT2D eigenvalue weighted by Gasteiger charge is 2.07. The summed E-state index contributed by atoms with van der Waals surface area (Å²) in [7, 11) is 3.28. The molecule has 0 bridgehead atoms. The molecule has 0 spiro atoms. The van der Waals surface area contributed by atoms with Crippen LogP contribution in [0.15, 0.2) is 42.5 Å². The van der Waals surface area contributed by atoms with Crippen molar-refractivity contribution >= 4 is 28.3 Å². The lowest BCUT2D eigenvalue weighted by molar-refractivity contribution is 0.354. The summed E-state index contributed by atoms with van der Waals surface area (Å²) in [6.07, 6.45) is 1.55. The monoisotopic (exact) mass is 389 g/mol. The van der Waals surface area contributed by atoms with Crippen LogP contribution in [0.25, 0.3) is 0 Å². The van der Waals surface area contributed by atoms with Gasteiger partial charge in [0.15, 0.2) is 11.5 Å². The molecule has 1 N–H and O–H groups in total. The average molecular weight is 390 g/mol. The number of aromatic nitrogens is 2. The van der Waals surface area contributed by atoms with Crippen LogP contribution in [0, 0.1) is 0 Å². The van der Waals surface area contributed by atoms with Crippen LogP contribution < -0.4 is 14.8 Å². The Balaban J connectivity index is 1.52. The smallest absolute Gasteiger partial charge is 0.202 e. The number of nitrogens with zero attached hydrogens (tertiary/aromatic N) is 2. The molecule has 1 heterocycles. The molecule has 1 aromatic heterocycles. The van der Waals surface area contributed by atoms with E-state index in [-0.39, 0.29) is 0 Å². The number of rotatable bonds is 8. The Kier molecular flexibility index (Phi) is 6.30. The maximum atomic E-state index is 5.91. The molecule has 0 unspecified atom stereocenters. The van der Waals surface area contributed by atoms with Crippen molar-refractivity contribution in [3.05, 3.63) is 64.4 Å². The van der Waals surface area contributed by atoms with Crippen molar-refractivity contribution in [1.82, 2.24) is 9.36 Å². The van der Waals surface area contributed by atoms with Crippen LogP contribution in [-0.2, 0) is 12.8 Å². The van der Waals surface area contributed by atoms with Crippen molar-refractivity contribution in [1.29, 1.82) is 0 Å². The molecule has 26 heavy (non-hydrogen) atoms. The minimum Gasteiger partial charge on any atom is -0.493 e. The summed E-state index contributed by atoms with van der Waals surface area (Å²) in [5.74, 6) is 2.29. The molecule has 0 saturated carbocycles. The predicted octanol–water partition coefficient (Wildman–Crippen LogP) is 4.45. The van der Waals surface area contributed by atoms with Crippen molar-refractivity contribution in [2.45, 2.75) is 12.8 Å². The third-order valence-corrected chi connectivity index (χ3v) is 4.84. The molecule has 0 aliphatic rings. The molecule has 0 fully saturated rings. The van der Waals surface area contributed by atoms with E-state index in [9.17, 15) is 0 Å². The number of methoxy groups -OCH3 is 2. The van der Waals surface area contributed by atoms with Gasteiger partial charge < -0.3 is 14.8 Å². The first-order chi connectivity index (χ1) is 12.7. The minimum absolute atomic E-state index is 0.699. The van der Waals surface area contributed by atoms with Gasteiger partial charge in [-0.1, -0.05) is 29.8 Å². The molecule has 2 aromatic carbocycles. The third-order valence-electron chi connectivity index (χ3n) is 3.88. The second-order valence-corrected chi connectivity index (χ2v) is 6.87. The number of halogens is 1. The fourth-order valence-corrected chi connectivity index (χ4v) is 3.27. The van der Waals surface area contributed by atoms with E-state index in [0.29, 0.717) is 6.42 Å². The quantitative estimate of drug-likeness (QED) is 0.616. The number of hydrogen-bond donors (Lipinski definition) is 1. The molecule has 7 heteroatoms. The summed E-state index contributed by atoms with van der Waals surface area (Å²) < 4.78 is 15.0. The van der Waals surface area contributed by atoms with Crippen LogP contribution in [-0.4, -0.2) is 30.1 Å². The zero-order valence-corrected chi connectivity index (χ0v) is 16.2. The topological polar surface area (TPSA) is 56.3 Å². The Bertz CT molecular complexity index is 852. The summed E-state index contributed by atoms with van der Waals surface area (Å²) in [6, 6.07) is 13.7. The van der Waals surface area contributed by atoms with Gasteiger partial charge in [-0.25, -0.2) is 4.98 Å². The number of nitrogens with one attached hydrogen (secondary N) is 1. The molecule has 0 aliphatic heterocycles. The van der Waals surface area contributed by atoms with Gasteiger partial charge in [-0.2, -0.15) is 4.37 Å². The van der Waals surface area contributed by atoms with Crippen molar-refractivity contribution in [2.75, 3.05) is 26.1 Å². The Morgan fingerprint density at radius 3 is 2.46 bits per heavy atom. The fourth-order valence-electron chi connectivity index (χ4n) is 2.53. The summed E-state index contributed by atoms with van der Waals surface area (Å²) in [4.78, 5) is 4.54. The number of hydrogen-bond acceptors (Lipinski definition) is 6. The van der Waals surface area contributed by atoms with E-state index >= 15 is 0 Å². The van der Waals surface area contributed by atoms with Crippen LogP contribution in [0.3, 0.4) is 0 Å². The first-order valence-electron chi connectivity index (χ1n) is 8.19. The van der Waals surface area contributed by atoms with Crippen LogP contribution in [0.2, 0.25) is 5.02 Å². The Morgan fingerprint density at radius 1 is 1.00 bits per heavy atom. The molecule has 5 nitrogen and oxygen atoms in total. The van der Waals surface area contributed by atoms with Gasteiger partial charge in [0.25, 0.3) is 0 Å². The fraction of sp³-hybridized carbons (Fsp3) is 0.263. The largest absolute Gasteiger partial charge is 0.493 e. The highest BCUT2D eigenvalue weighted by Crippen LogP contribution is 2.27. The second kappa shape index (κ2) is 8.87. The second-order valence-electron chi connectivity index (χ2n) is 5.69. The summed E-state index contributed by atoms with van der Waals surface area (Å²) >= 11 is 7.29. The molecule has 0 atom stereocenters. The van der Waals surface area contributed by atoms with E-state index in [4.69, 9.17) is 21.1 Å². The molecule has 0 amide bonds. The molecule has 136 valence electrons. The zero-order chi connectivity index (χ0) is 18.4. The number of anilines is 1. The lowest BCUT2D eigenvalue weighted by atomic mass is 10.1. The van der Waals surface area contributed by atoms with Crippen molar-refractivity contribution in [2.24, 2.45) is 0 Å². The maximum absolute atomic E-state index is 5.91. The van der Waals surface area contributed by atoms with Crippen LogP contribution in [0.5, 0.6) is 11.5 Å². The highest BCUT2D eigenvalue weighted by molar-refractivity contribution is 7.09. The number of ether oxygens (including phenoxy) is 2. The van der Waals surface area contributed by atoms with E-state index in [1.165, 1.54) is 17.1 Å². The summed E-state index contributed by atoms with van der Waals surface area (Å²) in [5, 5.41) is 4.89. The molecular weight excluding hydrogens is 370 g/mol. The zero-order valence-electron chi connectivity index (χ0n) is 14.7. The van der Waals surface area contributed by atoms with Gasteiger partial charge in [0.2, 0.25) is 5.13 Å². The van der Waals surface area contributed by atoms with E-state index in [1.54, 1.807) is 14.2 Å². The Morgan fingerprint density at radius 2 is 1.73 bits per heavy atom. The predicted molar refractivity (Wildman–Crippen MR) is 106 cm³/mol. The molecule has 3 aromatic rings. The van der Waals surface area contributed by atoms with Crippen molar-refractivity contribution < 1.29 is 9.47 Å². The lowest BCUT2D eigenvalue weighted by Crippen LogP contribution is -2.05. The standard InChI is InChI=1S/C19H20ClN3O2S/c1-24-16-8-5-14(11-17(16)25-2)9-10-21-19-22-18(23-26-19)12-13-3-6-15(20)7-4-13/h3-8,11H,9-10,12H2,1-2H3,(H,21,22,23). The lowest BCUT2D eigenvalue weighted by Gasteiger charge is -2.09. The van der Waals surface area contributed by atoms with Gasteiger partial charge in [-0.3, -0.25) is 0 Å². The molecule has 0 aliphatic carbocycles. The minimum atomic E-state index is 0.699. The Hall–Kier alpha value is -2.31. The SMILES string of the molecule is COc1ccc(CCNc2nc(Cc3ccc(Cl)cc3)ns2)cc1OC. The highest BCUT2D eigenvalue weighted by atomic mass is 35.5. The Labute approximate surface area is 162 Å². The number of benzene rings is 2. The average Bonchev–Trinajstić information content (AvgIpc) is 3.10. The van der Waals surface area contributed by atoms with Crippen LogP contribution in [0.4, 0.5) is 5.13 Å². The van der Waals surface area contributed by atoms with Crippen LogP contribution in [0.1, 0.15) is 17.0 Å². The van der Waals surface area contributed by atoms with Gasteiger partial charge in [0, 0.05) is 29.5 Å². The third kappa shape index (κ3) is 4.86. The van der Waals surface area contributed by atoms with Crippen molar-refractivity contribution in [3.63, 3.8) is 0 Å². The van der Waals surface area contributed by atoms with E-state index in [0.717, 1.165) is 46.0 Å². The van der Waals surface area contributed by atoms with Gasteiger partial charge >= 0.3 is 0 Å². The summed E-state index contributed by atoms with van der Waals surface area (Å²) in [6.45, 7) is 0.769. The molecule has 3 rings (SSSR count). The molecule has 0 radical (unpaired) electrons. The van der Waals surface area contributed by atoms with E-state index < -0.39 is 0 Å². The van der Waals surface area contributed by atoms with E-state index in [1.807, 2.05) is 42.5 Å².